The molecule has 1 heterocycles. The van der Waals surface area contributed by atoms with E-state index in [2.05, 4.69) is 17.1 Å². The largest absolute Gasteiger partial charge is 0.326 e. The minimum Gasteiger partial charge on any atom is -0.305 e. The van der Waals surface area contributed by atoms with Crippen LogP contribution in [0, 0.1) is 0 Å². The van der Waals surface area contributed by atoms with Crippen molar-refractivity contribution in [2.24, 2.45) is 0 Å². The van der Waals surface area contributed by atoms with E-state index in [0.29, 0.717) is 6.54 Å². The Balaban J connectivity index is 2.35. The number of aromatic nitrogens is 2. The van der Waals surface area contributed by atoms with Crippen molar-refractivity contribution in [2.75, 3.05) is 0 Å². The second-order valence-corrected chi connectivity index (χ2v) is 4.24. The number of benzene rings is 2. The molecule has 0 saturated heterocycles. The molecule has 3 aromatic rings. The second-order valence-electron chi connectivity index (χ2n) is 4.24. The molecule has 2 aromatic carbocycles. The van der Waals surface area contributed by atoms with E-state index in [1.54, 1.807) is 4.57 Å². The molecule has 0 saturated carbocycles. The van der Waals surface area contributed by atoms with Gasteiger partial charge >= 0.3 is 5.69 Å². The highest BCUT2D eigenvalue weighted by Crippen LogP contribution is 2.26. The minimum atomic E-state index is -0.0455. The first kappa shape index (κ1) is 10.8. The van der Waals surface area contributed by atoms with Crippen molar-refractivity contribution in [2.45, 2.75) is 13.5 Å². The Labute approximate surface area is 105 Å². The van der Waals surface area contributed by atoms with Crippen LogP contribution in [-0.2, 0) is 6.54 Å². The quantitative estimate of drug-likeness (QED) is 0.732. The Morgan fingerprint density at radius 1 is 1.06 bits per heavy atom. The molecule has 3 nitrogen and oxygen atoms in total. The first-order chi connectivity index (χ1) is 8.81. The highest BCUT2D eigenvalue weighted by atomic mass is 16.1. The van der Waals surface area contributed by atoms with Crippen LogP contribution in [0.3, 0.4) is 0 Å². The summed E-state index contributed by atoms with van der Waals surface area (Å²) < 4.78 is 1.75. The van der Waals surface area contributed by atoms with Gasteiger partial charge in [-0.1, -0.05) is 42.5 Å². The maximum Gasteiger partial charge on any atom is 0.326 e. The Bertz CT molecular complexity index is 738. The fraction of sp³-hybridized carbons (Fsp3) is 0.133. The van der Waals surface area contributed by atoms with Gasteiger partial charge in [-0.05, 0) is 18.6 Å². The molecule has 18 heavy (non-hydrogen) atoms. The van der Waals surface area contributed by atoms with Gasteiger partial charge in [0.1, 0.15) is 0 Å². The molecule has 0 aliphatic heterocycles. The standard InChI is InChI=1S/C15H14N2O/c1-2-17-13-10-6-9-12(14(13)16-15(17)18)11-7-4-3-5-8-11/h3-10H,2H2,1H3,(H,16,18). The summed E-state index contributed by atoms with van der Waals surface area (Å²) in [6.45, 7) is 2.65. The zero-order valence-corrected chi connectivity index (χ0v) is 10.2. The molecule has 3 heteroatoms. The number of nitrogens with one attached hydrogen (secondary N) is 1. The average Bonchev–Trinajstić information content (AvgIpc) is 2.74. The maximum absolute atomic E-state index is 11.9. The Kier molecular flexibility index (Phi) is 2.52. The van der Waals surface area contributed by atoms with Crippen molar-refractivity contribution >= 4 is 11.0 Å². The van der Waals surface area contributed by atoms with Crippen molar-refractivity contribution in [3.8, 4) is 11.1 Å². The van der Waals surface area contributed by atoms with E-state index in [4.69, 9.17) is 0 Å². The molecule has 0 radical (unpaired) electrons. The van der Waals surface area contributed by atoms with Gasteiger partial charge in [-0.15, -0.1) is 0 Å². The Morgan fingerprint density at radius 3 is 2.56 bits per heavy atom. The van der Waals surface area contributed by atoms with Crippen LogP contribution in [0.1, 0.15) is 6.92 Å². The molecule has 0 aliphatic rings. The van der Waals surface area contributed by atoms with Gasteiger partial charge in [-0.3, -0.25) is 4.57 Å². The zero-order valence-electron chi connectivity index (χ0n) is 10.2. The van der Waals surface area contributed by atoms with E-state index in [0.717, 1.165) is 22.2 Å². The van der Waals surface area contributed by atoms with Gasteiger partial charge in [0.15, 0.2) is 0 Å². The number of para-hydroxylation sites is 1. The van der Waals surface area contributed by atoms with Gasteiger partial charge in [0.25, 0.3) is 0 Å². The van der Waals surface area contributed by atoms with E-state index in [1.807, 2.05) is 43.3 Å². The number of fused-ring (bicyclic) bond motifs is 1. The van der Waals surface area contributed by atoms with Gasteiger partial charge in [-0.2, -0.15) is 0 Å². The lowest BCUT2D eigenvalue weighted by Gasteiger charge is -2.03. The number of imidazole rings is 1. The number of H-pyrrole nitrogens is 1. The lowest BCUT2D eigenvalue weighted by Crippen LogP contribution is -2.14. The highest BCUT2D eigenvalue weighted by molar-refractivity contribution is 5.91. The van der Waals surface area contributed by atoms with Crippen LogP contribution in [0.2, 0.25) is 0 Å². The summed E-state index contributed by atoms with van der Waals surface area (Å²) in [5.74, 6) is 0. The first-order valence-corrected chi connectivity index (χ1v) is 6.08. The van der Waals surface area contributed by atoms with Crippen molar-refractivity contribution in [1.29, 1.82) is 0 Å². The van der Waals surface area contributed by atoms with Gasteiger partial charge < -0.3 is 4.98 Å². The first-order valence-electron chi connectivity index (χ1n) is 6.08. The lowest BCUT2D eigenvalue weighted by atomic mass is 10.0. The molecular formula is C15H14N2O. The molecule has 0 atom stereocenters. The van der Waals surface area contributed by atoms with Crippen molar-refractivity contribution in [3.05, 3.63) is 59.0 Å². The summed E-state index contributed by atoms with van der Waals surface area (Å²) in [4.78, 5) is 14.8. The van der Waals surface area contributed by atoms with Crippen molar-refractivity contribution < 1.29 is 0 Å². The highest BCUT2D eigenvalue weighted by Gasteiger charge is 2.09. The second kappa shape index (κ2) is 4.18. The number of aromatic amines is 1. The molecule has 0 unspecified atom stereocenters. The van der Waals surface area contributed by atoms with Crippen LogP contribution < -0.4 is 5.69 Å². The Morgan fingerprint density at radius 2 is 1.83 bits per heavy atom. The summed E-state index contributed by atoms with van der Waals surface area (Å²) in [5.41, 5.74) is 4.01. The van der Waals surface area contributed by atoms with Crippen LogP contribution in [-0.4, -0.2) is 9.55 Å². The van der Waals surface area contributed by atoms with Crippen LogP contribution >= 0.6 is 0 Å². The van der Waals surface area contributed by atoms with E-state index in [-0.39, 0.29) is 5.69 Å². The van der Waals surface area contributed by atoms with E-state index >= 15 is 0 Å². The molecule has 3 rings (SSSR count). The van der Waals surface area contributed by atoms with Crippen LogP contribution in [0.4, 0.5) is 0 Å². The molecular weight excluding hydrogens is 224 g/mol. The number of rotatable bonds is 2. The third-order valence-corrected chi connectivity index (χ3v) is 3.21. The molecule has 0 bridgehead atoms. The van der Waals surface area contributed by atoms with Crippen molar-refractivity contribution in [1.82, 2.24) is 9.55 Å². The number of nitrogens with zero attached hydrogens (tertiary/aromatic N) is 1. The smallest absolute Gasteiger partial charge is 0.305 e. The predicted octanol–water partition coefficient (Wildman–Crippen LogP) is 3.02. The molecule has 1 N–H and O–H groups in total. The zero-order chi connectivity index (χ0) is 12.5. The average molecular weight is 238 g/mol. The number of hydrogen-bond acceptors (Lipinski definition) is 1. The van der Waals surface area contributed by atoms with Gasteiger partial charge in [0.2, 0.25) is 0 Å². The summed E-state index contributed by atoms with van der Waals surface area (Å²) >= 11 is 0. The predicted molar refractivity (Wildman–Crippen MR) is 73.7 cm³/mol. The van der Waals surface area contributed by atoms with E-state index < -0.39 is 0 Å². The Hall–Kier alpha value is -2.29. The fourth-order valence-corrected chi connectivity index (χ4v) is 2.35. The summed E-state index contributed by atoms with van der Waals surface area (Å²) in [7, 11) is 0. The molecule has 1 aromatic heterocycles. The van der Waals surface area contributed by atoms with E-state index in [9.17, 15) is 4.79 Å². The molecule has 0 fully saturated rings. The number of aryl methyl sites for hydroxylation is 1. The van der Waals surface area contributed by atoms with Gasteiger partial charge in [-0.25, -0.2) is 4.79 Å². The van der Waals surface area contributed by atoms with Gasteiger partial charge in [0, 0.05) is 12.1 Å². The van der Waals surface area contributed by atoms with Crippen LogP contribution in [0.15, 0.2) is 53.3 Å². The maximum atomic E-state index is 11.9. The monoisotopic (exact) mass is 238 g/mol. The normalized spacial score (nSPS) is 10.9. The lowest BCUT2D eigenvalue weighted by molar-refractivity contribution is 0.753. The molecule has 0 amide bonds. The third-order valence-electron chi connectivity index (χ3n) is 3.21. The SMILES string of the molecule is CCn1c(=O)[nH]c2c(-c3ccccc3)cccc21. The number of hydrogen-bond donors (Lipinski definition) is 1. The third kappa shape index (κ3) is 1.56. The molecule has 0 aliphatic carbocycles. The molecule has 0 spiro atoms. The van der Waals surface area contributed by atoms with E-state index in [1.165, 1.54) is 0 Å². The van der Waals surface area contributed by atoms with Gasteiger partial charge in [0.05, 0.1) is 11.0 Å². The van der Waals surface area contributed by atoms with Crippen LogP contribution in [0.5, 0.6) is 0 Å². The molecule has 90 valence electrons. The summed E-state index contributed by atoms with van der Waals surface area (Å²) in [6.07, 6.45) is 0. The van der Waals surface area contributed by atoms with Crippen molar-refractivity contribution in [3.63, 3.8) is 0 Å². The fourth-order valence-electron chi connectivity index (χ4n) is 2.35. The summed E-state index contributed by atoms with van der Waals surface area (Å²) in [5, 5.41) is 0. The minimum absolute atomic E-state index is 0.0455. The van der Waals surface area contributed by atoms with Crippen LogP contribution in [0.25, 0.3) is 22.2 Å². The summed E-state index contributed by atoms with van der Waals surface area (Å²) in [6, 6.07) is 16.1. The topological polar surface area (TPSA) is 37.8 Å².